The molecule has 0 radical (unpaired) electrons. The fourth-order valence-corrected chi connectivity index (χ4v) is 7.10. The van der Waals surface area contributed by atoms with E-state index in [0.717, 1.165) is 42.9 Å². The van der Waals surface area contributed by atoms with E-state index in [2.05, 4.69) is 35.6 Å². The van der Waals surface area contributed by atoms with Crippen LogP contribution in [0, 0.1) is 35.5 Å². The quantitative estimate of drug-likeness (QED) is 0.815. The van der Waals surface area contributed by atoms with Crippen LogP contribution >= 0.6 is 0 Å². The molecule has 1 aromatic carbocycles. The average molecular weight is 352 g/mol. The van der Waals surface area contributed by atoms with Crippen molar-refractivity contribution in [3.8, 4) is 0 Å². The number of rotatable bonds is 4. The SMILES string of the molecule is O=C(NC1C2CC3CC(C2)CC1C3)[C@H]1CCCC(Cc2ccccc2)C1. The van der Waals surface area contributed by atoms with Gasteiger partial charge in [0.1, 0.15) is 0 Å². The lowest BCUT2D eigenvalue weighted by Crippen LogP contribution is -2.56. The van der Waals surface area contributed by atoms with E-state index in [0.29, 0.717) is 17.9 Å². The summed E-state index contributed by atoms with van der Waals surface area (Å²) in [5, 5.41) is 3.58. The Morgan fingerprint density at radius 2 is 1.58 bits per heavy atom. The largest absolute Gasteiger partial charge is 0.353 e. The summed E-state index contributed by atoms with van der Waals surface area (Å²) in [5.74, 6) is 4.87. The smallest absolute Gasteiger partial charge is 0.223 e. The molecule has 0 aromatic heterocycles. The van der Waals surface area contributed by atoms with Crippen LogP contribution in [-0.2, 0) is 11.2 Å². The Bertz CT molecular complexity index is 611. The van der Waals surface area contributed by atoms with Crippen LogP contribution in [0.3, 0.4) is 0 Å². The Balaban J connectivity index is 1.19. The van der Waals surface area contributed by atoms with Crippen molar-refractivity contribution in [1.29, 1.82) is 0 Å². The maximum atomic E-state index is 13.1. The minimum atomic E-state index is 0.259. The maximum Gasteiger partial charge on any atom is 0.223 e. The Kier molecular flexibility index (Phi) is 4.54. The zero-order valence-electron chi connectivity index (χ0n) is 15.9. The molecule has 1 amide bonds. The summed E-state index contributed by atoms with van der Waals surface area (Å²) in [7, 11) is 0. The molecule has 26 heavy (non-hydrogen) atoms. The van der Waals surface area contributed by atoms with Gasteiger partial charge >= 0.3 is 0 Å². The van der Waals surface area contributed by atoms with Gasteiger partial charge in [0.05, 0.1) is 0 Å². The zero-order valence-corrected chi connectivity index (χ0v) is 15.9. The van der Waals surface area contributed by atoms with E-state index in [-0.39, 0.29) is 5.92 Å². The van der Waals surface area contributed by atoms with E-state index >= 15 is 0 Å². The lowest BCUT2D eigenvalue weighted by atomic mass is 9.54. The molecular formula is C24H33NO. The molecule has 1 N–H and O–H groups in total. The van der Waals surface area contributed by atoms with Crippen LogP contribution < -0.4 is 5.32 Å². The molecule has 140 valence electrons. The molecule has 5 saturated carbocycles. The van der Waals surface area contributed by atoms with E-state index in [1.165, 1.54) is 50.5 Å². The second kappa shape index (κ2) is 7.02. The van der Waals surface area contributed by atoms with Crippen LogP contribution in [0.1, 0.15) is 63.4 Å². The van der Waals surface area contributed by atoms with Gasteiger partial charge in [-0.25, -0.2) is 0 Å². The van der Waals surface area contributed by atoms with Crippen molar-refractivity contribution in [1.82, 2.24) is 5.32 Å². The maximum absolute atomic E-state index is 13.1. The third-order valence-corrected chi connectivity index (χ3v) is 8.06. The Morgan fingerprint density at radius 1 is 0.885 bits per heavy atom. The standard InChI is InChI=1S/C24H33NO/c26-24(25-23-21-12-18-10-19(14-21)15-22(23)13-18)20-8-4-7-17(11-20)9-16-5-2-1-3-6-16/h1-3,5-6,17-23H,4,7-15H2,(H,25,26)/t17?,18?,19?,20-,21?,22?,23?/m0/s1. The molecule has 0 spiro atoms. The average Bonchev–Trinajstić information content (AvgIpc) is 2.65. The van der Waals surface area contributed by atoms with Crippen molar-refractivity contribution in [3.05, 3.63) is 35.9 Å². The van der Waals surface area contributed by atoms with E-state index in [1.807, 2.05) is 0 Å². The van der Waals surface area contributed by atoms with Crippen molar-refractivity contribution >= 4 is 5.91 Å². The lowest BCUT2D eigenvalue weighted by molar-refractivity contribution is -0.130. The second-order valence-electron chi connectivity index (χ2n) is 9.88. The van der Waals surface area contributed by atoms with Crippen molar-refractivity contribution in [2.45, 2.75) is 70.3 Å². The fourth-order valence-electron chi connectivity index (χ4n) is 7.10. The molecule has 1 aromatic rings. The summed E-state index contributed by atoms with van der Waals surface area (Å²) < 4.78 is 0. The van der Waals surface area contributed by atoms with Gasteiger partial charge in [-0.05, 0) is 86.5 Å². The topological polar surface area (TPSA) is 29.1 Å². The van der Waals surface area contributed by atoms with Crippen molar-refractivity contribution in [2.75, 3.05) is 0 Å². The lowest BCUT2D eigenvalue weighted by Gasteiger charge is -2.54. The van der Waals surface area contributed by atoms with Crippen molar-refractivity contribution in [3.63, 3.8) is 0 Å². The molecule has 1 unspecified atom stereocenters. The molecule has 5 aliphatic carbocycles. The van der Waals surface area contributed by atoms with Gasteiger partial charge in [0, 0.05) is 12.0 Å². The minimum Gasteiger partial charge on any atom is -0.353 e. The van der Waals surface area contributed by atoms with Gasteiger partial charge in [-0.15, -0.1) is 0 Å². The normalized spacial score (nSPS) is 41.2. The monoisotopic (exact) mass is 351 g/mol. The van der Waals surface area contributed by atoms with E-state index in [9.17, 15) is 4.79 Å². The highest BCUT2D eigenvalue weighted by molar-refractivity contribution is 5.79. The Labute approximate surface area is 158 Å². The van der Waals surface area contributed by atoms with E-state index < -0.39 is 0 Å². The van der Waals surface area contributed by atoms with E-state index in [4.69, 9.17) is 0 Å². The molecule has 6 rings (SSSR count). The highest BCUT2D eigenvalue weighted by Gasteiger charge is 2.49. The van der Waals surface area contributed by atoms with Gasteiger partial charge in [-0.1, -0.05) is 43.2 Å². The number of carbonyl (C=O) groups is 1. The molecule has 2 nitrogen and oxygen atoms in total. The first-order chi connectivity index (χ1) is 12.7. The summed E-state index contributed by atoms with van der Waals surface area (Å²) in [4.78, 5) is 13.1. The zero-order chi connectivity index (χ0) is 17.5. The molecule has 5 fully saturated rings. The van der Waals surface area contributed by atoms with Crippen LogP contribution in [-0.4, -0.2) is 11.9 Å². The number of hydrogen-bond donors (Lipinski definition) is 1. The summed E-state index contributed by atoms with van der Waals surface area (Å²) in [6.07, 6.45) is 12.9. The van der Waals surface area contributed by atoms with Gasteiger partial charge in [0.15, 0.2) is 0 Å². The first kappa shape index (κ1) is 16.8. The van der Waals surface area contributed by atoms with Crippen molar-refractivity contribution in [2.24, 2.45) is 35.5 Å². The summed E-state index contributed by atoms with van der Waals surface area (Å²) in [5.41, 5.74) is 1.43. The summed E-state index contributed by atoms with van der Waals surface area (Å²) >= 11 is 0. The first-order valence-electron chi connectivity index (χ1n) is 11.1. The molecule has 2 heteroatoms. The van der Waals surface area contributed by atoms with Crippen LogP contribution in [0.4, 0.5) is 0 Å². The van der Waals surface area contributed by atoms with Crippen LogP contribution in [0.15, 0.2) is 30.3 Å². The molecule has 0 saturated heterocycles. The summed E-state index contributed by atoms with van der Waals surface area (Å²) in [6, 6.07) is 11.3. The van der Waals surface area contributed by atoms with Gasteiger partial charge in [0.25, 0.3) is 0 Å². The Morgan fingerprint density at radius 3 is 2.27 bits per heavy atom. The molecule has 4 bridgehead atoms. The number of hydrogen-bond acceptors (Lipinski definition) is 1. The molecule has 0 aliphatic heterocycles. The first-order valence-corrected chi connectivity index (χ1v) is 11.1. The minimum absolute atomic E-state index is 0.259. The third kappa shape index (κ3) is 3.32. The second-order valence-corrected chi connectivity index (χ2v) is 9.88. The van der Waals surface area contributed by atoms with Crippen LogP contribution in [0.5, 0.6) is 0 Å². The molecular weight excluding hydrogens is 318 g/mol. The number of amides is 1. The highest BCUT2D eigenvalue weighted by atomic mass is 16.1. The summed E-state index contributed by atoms with van der Waals surface area (Å²) in [6.45, 7) is 0. The van der Waals surface area contributed by atoms with Crippen LogP contribution in [0.2, 0.25) is 0 Å². The molecule has 0 heterocycles. The third-order valence-electron chi connectivity index (χ3n) is 8.06. The Hall–Kier alpha value is -1.31. The number of carbonyl (C=O) groups excluding carboxylic acids is 1. The van der Waals surface area contributed by atoms with Crippen molar-refractivity contribution < 1.29 is 4.79 Å². The van der Waals surface area contributed by atoms with Crippen LogP contribution in [0.25, 0.3) is 0 Å². The van der Waals surface area contributed by atoms with Gasteiger partial charge in [-0.2, -0.15) is 0 Å². The predicted molar refractivity (Wildman–Crippen MR) is 105 cm³/mol. The number of benzene rings is 1. The molecule has 5 aliphatic rings. The fraction of sp³-hybridized carbons (Fsp3) is 0.708. The molecule has 2 atom stereocenters. The van der Waals surface area contributed by atoms with E-state index in [1.54, 1.807) is 0 Å². The van der Waals surface area contributed by atoms with Gasteiger partial charge in [-0.3, -0.25) is 4.79 Å². The number of nitrogens with one attached hydrogen (secondary N) is 1. The predicted octanol–water partition coefficient (Wildman–Crippen LogP) is 4.98. The highest BCUT2D eigenvalue weighted by Crippen LogP contribution is 2.53. The van der Waals surface area contributed by atoms with Gasteiger partial charge in [0.2, 0.25) is 5.91 Å². The van der Waals surface area contributed by atoms with Gasteiger partial charge < -0.3 is 5.32 Å².